The summed E-state index contributed by atoms with van der Waals surface area (Å²) in [6.07, 6.45) is 1.07. The van der Waals surface area contributed by atoms with Crippen molar-refractivity contribution in [2.75, 3.05) is 0 Å². The zero-order valence-electron chi connectivity index (χ0n) is 11.2. The van der Waals surface area contributed by atoms with Crippen LogP contribution in [0.1, 0.15) is 17.0 Å². The summed E-state index contributed by atoms with van der Waals surface area (Å²) in [5, 5.41) is 24.3. The van der Waals surface area contributed by atoms with Crippen LogP contribution in [0.2, 0.25) is 5.02 Å². The van der Waals surface area contributed by atoms with Gasteiger partial charge in [0.15, 0.2) is 0 Å². The fourth-order valence-electron chi connectivity index (χ4n) is 2.01. The molecular formula is C12H11ClN4O4. The summed E-state index contributed by atoms with van der Waals surface area (Å²) in [5.41, 5.74) is 1.19. The highest BCUT2D eigenvalue weighted by atomic mass is 35.5. The number of aromatic nitrogens is 3. The Morgan fingerprint density at radius 3 is 2.76 bits per heavy atom. The number of aliphatic carboxylic acids is 1. The number of aryl methyl sites for hydroxylation is 1. The number of pyridine rings is 1. The van der Waals surface area contributed by atoms with E-state index in [-0.39, 0.29) is 22.9 Å². The lowest BCUT2D eigenvalue weighted by Gasteiger charge is -2.05. The molecule has 0 spiro atoms. The summed E-state index contributed by atoms with van der Waals surface area (Å²) in [5.74, 6) is -0.999. The zero-order chi connectivity index (χ0) is 15.7. The van der Waals surface area contributed by atoms with Crippen LogP contribution in [-0.2, 0) is 11.2 Å². The van der Waals surface area contributed by atoms with Crippen LogP contribution in [0.25, 0.3) is 5.82 Å². The smallest absolute Gasteiger partial charge is 0.315 e. The topological polar surface area (TPSA) is 111 Å². The molecule has 0 radical (unpaired) electrons. The molecule has 0 aliphatic carbocycles. The van der Waals surface area contributed by atoms with Gasteiger partial charge in [-0.2, -0.15) is 5.10 Å². The molecule has 8 nitrogen and oxygen atoms in total. The van der Waals surface area contributed by atoms with E-state index in [1.54, 1.807) is 13.8 Å². The Morgan fingerprint density at radius 1 is 1.52 bits per heavy atom. The number of carbonyl (C=O) groups is 1. The maximum absolute atomic E-state index is 11.1. The van der Waals surface area contributed by atoms with Gasteiger partial charge in [-0.15, -0.1) is 0 Å². The van der Waals surface area contributed by atoms with Crippen LogP contribution in [0.4, 0.5) is 5.69 Å². The maximum atomic E-state index is 11.1. The molecule has 2 aromatic rings. The highest BCUT2D eigenvalue weighted by Gasteiger charge is 2.23. The van der Waals surface area contributed by atoms with Crippen molar-refractivity contribution < 1.29 is 14.8 Å². The van der Waals surface area contributed by atoms with Crippen LogP contribution in [0, 0.1) is 24.0 Å². The molecule has 0 aliphatic heterocycles. The molecule has 0 unspecified atom stereocenters. The molecule has 1 N–H and O–H groups in total. The Bertz CT molecular complexity index is 741. The summed E-state index contributed by atoms with van der Waals surface area (Å²) in [7, 11) is 0. The van der Waals surface area contributed by atoms with E-state index >= 15 is 0 Å². The summed E-state index contributed by atoms with van der Waals surface area (Å²) in [4.78, 5) is 25.3. The third kappa shape index (κ3) is 2.84. The van der Waals surface area contributed by atoms with Crippen LogP contribution in [-0.4, -0.2) is 30.8 Å². The van der Waals surface area contributed by atoms with Gasteiger partial charge < -0.3 is 5.11 Å². The van der Waals surface area contributed by atoms with Crippen molar-refractivity contribution >= 4 is 23.3 Å². The Hall–Kier alpha value is -2.48. The molecule has 110 valence electrons. The van der Waals surface area contributed by atoms with Crippen LogP contribution in [0.5, 0.6) is 0 Å². The number of carboxylic acid groups (broad SMARTS) is 1. The van der Waals surface area contributed by atoms with Gasteiger partial charge >= 0.3 is 11.7 Å². The molecule has 0 bridgehead atoms. The van der Waals surface area contributed by atoms with Crippen LogP contribution in [0.15, 0.2) is 12.3 Å². The van der Waals surface area contributed by atoms with Gasteiger partial charge in [-0.05, 0) is 13.8 Å². The maximum Gasteiger partial charge on any atom is 0.315 e. The molecule has 2 aromatic heterocycles. The van der Waals surface area contributed by atoms with E-state index in [2.05, 4.69) is 10.1 Å². The highest BCUT2D eigenvalue weighted by Crippen LogP contribution is 2.26. The minimum atomic E-state index is -1.00. The number of hydrogen-bond acceptors (Lipinski definition) is 5. The molecule has 2 rings (SSSR count). The van der Waals surface area contributed by atoms with Crippen molar-refractivity contribution in [3.8, 4) is 5.82 Å². The predicted molar refractivity (Wildman–Crippen MR) is 73.8 cm³/mol. The molecule has 2 heterocycles. The quantitative estimate of drug-likeness (QED) is 0.683. The summed E-state index contributed by atoms with van der Waals surface area (Å²) >= 11 is 5.72. The number of rotatable bonds is 4. The summed E-state index contributed by atoms with van der Waals surface area (Å²) in [6, 6.07) is 1.18. The van der Waals surface area contributed by atoms with Crippen molar-refractivity contribution in [3.05, 3.63) is 44.4 Å². The number of carboxylic acids is 1. The molecule has 9 heteroatoms. The van der Waals surface area contributed by atoms with E-state index in [0.717, 1.165) is 0 Å². The van der Waals surface area contributed by atoms with Gasteiger partial charge in [0.05, 0.1) is 22.1 Å². The van der Waals surface area contributed by atoms with Gasteiger partial charge in [0.1, 0.15) is 0 Å². The van der Waals surface area contributed by atoms with Crippen molar-refractivity contribution in [2.45, 2.75) is 20.3 Å². The molecule has 0 atom stereocenters. The van der Waals surface area contributed by atoms with Crippen LogP contribution < -0.4 is 0 Å². The monoisotopic (exact) mass is 310 g/mol. The van der Waals surface area contributed by atoms with Gasteiger partial charge in [0, 0.05) is 23.5 Å². The van der Waals surface area contributed by atoms with E-state index in [4.69, 9.17) is 16.7 Å². The standard InChI is InChI=1S/C12H11ClN4O4/c1-6-9(4-11(18)19)7(2)16(15-6)12-10(17(20)21)3-8(13)5-14-12/h3,5H,4H2,1-2H3,(H,18,19). The van der Waals surface area contributed by atoms with E-state index in [1.165, 1.54) is 16.9 Å². The average Bonchev–Trinajstić information content (AvgIpc) is 2.66. The van der Waals surface area contributed by atoms with Crippen molar-refractivity contribution in [1.82, 2.24) is 14.8 Å². The first-order valence-electron chi connectivity index (χ1n) is 5.88. The molecular weight excluding hydrogens is 300 g/mol. The second kappa shape index (κ2) is 5.49. The molecule has 0 fully saturated rings. The van der Waals surface area contributed by atoms with Crippen LogP contribution >= 0.6 is 11.6 Å². The normalized spacial score (nSPS) is 10.6. The van der Waals surface area contributed by atoms with E-state index < -0.39 is 10.9 Å². The number of halogens is 1. The molecule has 0 saturated carbocycles. The Morgan fingerprint density at radius 2 is 2.19 bits per heavy atom. The number of hydrogen-bond donors (Lipinski definition) is 1. The fourth-order valence-corrected chi connectivity index (χ4v) is 2.16. The Labute approximate surface area is 124 Å². The minimum Gasteiger partial charge on any atom is -0.481 e. The van der Waals surface area contributed by atoms with E-state index in [1.807, 2.05) is 0 Å². The van der Waals surface area contributed by atoms with Gasteiger partial charge in [-0.25, -0.2) is 9.67 Å². The lowest BCUT2D eigenvalue weighted by atomic mass is 10.1. The van der Waals surface area contributed by atoms with Gasteiger partial charge in [0.25, 0.3) is 0 Å². The third-order valence-corrected chi connectivity index (χ3v) is 3.19. The Balaban J connectivity index is 2.63. The minimum absolute atomic E-state index is 0.00152. The first-order valence-corrected chi connectivity index (χ1v) is 6.26. The number of nitrogens with zero attached hydrogens (tertiary/aromatic N) is 4. The van der Waals surface area contributed by atoms with Crippen LogP contribution in [0.3, 0.4) is 0 Å². The van der Waals surface area contributed by atoms with Gasteiger partial charge in [-0.3, -0.25) is 14.9 Å². The fraction of sp³-hybridized carbons (Fsp3) is 0.250. The SMILES string of the molecule is Cc1nn(-c2ncc(Cl)cc2[N+](=O)[O-])c(C)c1CC(=O)O. The molecule has 0 amide bonds. The van der Waals surface area contributed by atoms with Gasteiger partial charge in [0.2, 0.25) is 5.82 Å². The van der Waals surface area contributed by atoms with E-state index in [9.17, 15) is 14.9 Å². The summed E-state index contributed by atoms with van der Waals surface area (Å²) < 4.78 is 1.27. The first kappa shape index (κ1) is 14.9. The van der Waals surface area contributed by atoms with Crippen molar-refractivity contribution in [1.29, 1.82) is 0 Å². The molecule has 0 aromatic carbocycles. The highest BCUT2D eigenvalue weighted by molar-refractivity contribution is 6.30. The number of nitro groups is 1. The largest absolute Gasteiger partial charge is 0.481 e. The predicted octanol–water partition coefficient (Wildman–Crippen LogP) is 2.07. The third-order valence-electron chi connectivity index (χ3n) is 2.98. The van der Waals surface area contributed by atoms with Crippen molar-refractivity contribution in [2.24, 2.45) is 0 Å². The lowest BCUT2D eigenvalue weighted by Crippen LogP contribution is -2.07. The van der Waals surface area contributed by atoms with Crippen molar-refractivity contribution in [3.63, 3.8) is 0 Å². The summed E-state index contributed by atoms with van der Waals surface area (Å²) in [6.45, 7) is 3.28. The second-order valence-corrected chi connectivity index (χ2v) is 4.82. The molecule has 21 heavy (non-hydrogen) atoms. The molecule has 0 saturated heterocycles. The molecule has 0 aliphatic rings. The average molecular weight is 311 g/mol. The zero-order valence-corrected chi connectivity index (χ0v) is 12.0. The van der Waals surface area contributed by atoms with Gasteiger partial charge in [-0.1, -0.05) is 11.6 Å². The Kier molecular flexibility index (Phi) is 3.90. The second-order valence-electron chi connectivity index (χ2n) is 4.39. The lowest BCUT2D eigenvalue weighted by molar-refractivity contribution is -0.384. The van der Waals surface area contributed by atoms with E-state index in [0.29, 0.717) is 17.0 Å². The first-order chi connectivity index (χ1) is 9.81.